The Hall–Kier alpha value is -2.80. The van der Waals surface area contributed by atoms with Gasteiger partial charge in [-0.15, -0.1) is 0 Å². The summed E-state index contributed by atoms with van der Waals surface area (Å²) in [6, 6.07) is 10.3. The Balaban J connectivity index is 1.42. The summed E-state index contributed by atoms with van der Waals surface area (Å²) in [6.07, 6.45) is 2.89. The van der Waals surface area contributed by atoms with E-state index in [9.17, 15) is 9.18 Å². The number of likely N-dealkylation sites (tertiary alicyclic amines) is 1. The summed E-state index contributed by atoms with van der Waals surface area (Å²) in [5.41, 5.74) is 2.33. The third-order valence-corrected chi connectivity index (χ3v) is 5.27. The number of nitrogens with one attached hydrogen (secondary N) is 1. The predicted octanol–water partition coefficient (Wildman–Crippen LogP) is 2.35. The van der Waals surface area contributed by atoms with Crippen LogP contribution in [0.1, 0.15) is 23.6 Å². The zero-order valence-electron chi connectivity index (χ0n) is 15.9. The lowest BCUT2D eigenvalue weighted by Crippen LogP contribution is -2.29. The maximum atomic E-state index is 13.7. The number of carbonyl (C=O) groups excluding carboxylic acids is 1. The summed E-state index contributed by atoms with van der Waals surface area (Å²) < 4.78 is 15.6. The van der Waals surface area contributed by atoms with E-state index in [4.69, 9.17) is 5.10 Å². The molecule has 1 aliphatic rings. The minimum Gasteiger partial charge on any atom is -0.354 e. The van der Waals surface area contributed by atoms with Crippen LogP contribution in [-0.4, -0.2) is 52.3 Å². The highest BCUT2D eigenvalue weighted by atomic mass is 19.1. The van der Waals surface area contributed by atoms with Gasteiger partial charge in [-0.05, 0) is 43.8 Å². The largest absolute Gasteiger partial charge is 0.354 e. The normalized spacial score (nSPS) is 17.3. The molecule has 4 rings (SSSR count). The molecule has 1 N–H and O–H groups in total. The zero-order valence-corrected chi connectivity index (χ0v) is 15.9. The number of likely N-dealkylation sites (N-methyl/N-ethyl adjacent to an activating group) is 1. The Morgan fingerprint density at radius 2 is 2.14 bits per heavy atom. The van der Waals surface area contributed by atoms with Crippen molar-refractivity contribution in [3.63, 3.8) is 0 Å². The number of carbonyl (C=O) groups is 1. The van der Waals surface area contributed by atoms with E-state index in [1.807, 2.05) is 10.7 Å². The zero-order chi connectivity index (χ0) is 19.5. The van der Waals surface area contributed by atoms with Crippen molar-refractivity contribution < 1.29 is 9.18 Å². The molecule has 1 atom stereocenters. The van der Waals surface area contributed by atoms with Crippen LogP contribution in [0.4, 0.5) is 4.39 Å². The van der Waals surface area contributed by atoms with Gasteiger partial charge in [-0.3, -0.25) is 4.79 Å². The molecule has 0 aliphatic carbocycles. The van der Waals surface area contributed by atoms with Gasteiger partial charge < -0.3 is 10.2 Å². The number of aromatic nitrogens is 3. The lowest BCUT2D eigenvalue weighted by atomic mass is 10.0. The smallest absolute Gasteiger partial charge is 0.224 e. The van der Waals surface area contributed by atoms with E-state index in [1.165, 1.54) is 6.07 Å². The molecule has 0 radical (unpaired) electrons. The van der Waals surface area contributed by atoms with E-state index in [0.29, 0.717) is 24.6 Å². The van der Waals surface area contributed by atoms with Crippen LogP contribution < -0.4 is 5.32 Å². The Kier molecular flexibility index (Phi) is 5.34. The third-order valence-electron chi connectivity index (χ3n) is 5.27. The first-order valence-corrected chi connectivity index (χ1v) is 9.62. The van der Waals surface area contributed by atoms with Crippen LogP contribution in [0.2, 0.25) is 0 Å². The quantitative estimate of drug-likeness (QED) is 0.712. The number of rotatable bonds is 6. The summed E-state index contributed by atoms with van der Waals surface area (Å²) in [6.45, 7) is 3.02. The molecule has 28 heavy (non-hydrogen) atoms. The number of amides is 1. The van der Waals surface area contributed by atoms with Crippen molar-refractivity contribution in [2.24, 2.45) is 0 Å². The Morgan fingerprint density at radius 1 is 1.29 bits per heavy atom. The first kappa shape index (κ1) is 18.6. The number of benzene rings is 1. The standard InChI is InChI=1S/C21H24FN5O/c1-26-11-8-16(14-26)20-17-6-4-9-24-21(17)27(25-20)12-10-23-19(28)13-15-5-2-3-7-18(15)22/h2-7,9,16H,8,10-14H2,1H3,(H,23,28)/t16-/m0/s1. The van der Waals surface area contributed by atoms with Crippen LogP contribution in [0.25, 0.3) is 11.0 Å². The summed E-state index contributed by atoms with van der Waals surface area (Å²) >= 11 is 0. The average Bonchev–Trinajstić information content (AvgIpc) is 3.28. The molecule has 2 aromatic heterocycles. The Labute approximate surface area is 163 Å². The van der Waals surface area contributed by atoms with Gasteiger partial charge in [0, 0.05) is 30.6 Å². The van der Waals surface area contributed by atoms with Gasteiger partial charge in [0.05, 0.1) is 18.7 Å². The number of pyridine rings is 1. The van der Waals surface area contributed by atoms with Gasteiger partial charge in [0.2, 0.25) is 5.91 Å². The van der Waals surface area contributed by atoms with E-state index in [2.05, 4.69) is 28.3 Å². The number of hydrogen-bond donors (Lipinski definition) is 1. The van der Waals surface area contributed by atoms with Crippen molar-refractivity contribution in [2.45, 2.75) is 25.3 Å². The summed E-state index contributed by atoms with van der Waals surface area (Å²) in [5.74, 6) is -0.146. The number of hydrogen-bond acceptors (Lipinski definition) is 4. The average molecular weight is 381 g/mol. The monoisotopic (exact) mass is 381 g/mol. The first-order chi connectivity index (χ1) is 13.6. The van der Waals surface area contributed by atoms with Crippen LogP contribution in [0.15, 0.2) is 42.6 Å². The molecular weight excluding hydrogens is 357 g/mol. The number of fused-ring (bicyclic) bond motifs is 1. The van der Waals surface area contributed by atoms with Crippen molar-refractivity contribution >= 4 is 16.9 Å². The minimum atomic E-state index is -0.355. The molecule has 1 saturated heterocycles. The predicted molar refractivity (Wildman–Crippen MR) is 105 cm³/mol. The maximum Gasteiger partial charge on any atom is 0.224 e. The van der Waals surface area contributed by atoms with Gasteiger partial charge >= 0.3 is 0 Å². The molecule has 7 heteroatoms. The molecule has 1 fully saturated rings. The molecule has 0 bridgehead atoms. The molecule has 0 saturated carbocycles. The molecule has 3 heterocycles. The van der Waals surface area contributed by atoms with Crippen molar-refractivity contribution in [3.05, 3.63) is 59.7 Å². The molecule has 146 valence electrons. The lowest BCUT2D eigenvalue weighted by Gasteiger charge is -2.08. The molecule has 3 aromatic rings. The molecule has 1 aromatic carbocycles. The minimum absolute atomic E-state index is 0.0322. The summed E-state index contributed by atoms with van der Waals surface area (Å²) in [7, 11) is 2.13. The molecule has 1 amide bonds. The van der Waals surface area contributed by atoms with Gasteiger partial charge in [0.15, 0.2) is 5.65 Å². The highest BCUT2D eigenvalue weighted by Crippen LogP contribution is 2.30. The van der Waals surface area contributed by atoms with Crippen molar-refractivity contribution in [1.82, 2.24) is 25.0 Å². The molecule has 0 spiro atoms. The second kappa shape index (κ2) is 8.06. The molecule has 1 aliphatic heterocycles. The van der Waals surface area contributed by atoms with E-state index < -0.39 is 0 Å². The van der Waals surface area contributed by atoms with E-state index in [-0.39, 0.29) is 18.1 Å². The molecular formula is C21H24FN5O. The fourth-order valence-electron chi connectivity index (χ4n) is 3.83. The van der Waals surface area contributed by atoms with Gasteiger partial charge in [-0.25, -0.2) is 14.1 Å². The lowest BCUT2D eigenvalue weighted by molar-refractivity contribution is -0.120. The number of nitrogens with zero attached hydrogens (tertiary/aromatic N) is 4. The second-order valence-corrected chi connectivity index (χ2v) is 7.35. The fraction of sp³-hybridized carbons (Fsp3) is 0.381. The van der Waals surface area contributed by atoms with Crippen LogP contribution in [0.5, 0.6) is 0 Å². The van der Waals surface area contributed by atoms with Crippen LogP contribution in [-0.2, 0) is 17.8 Å². The van der Waals surface area contributed by atoms with Crippen LogP contribution in [0, 0.1) is 5.82 Å². The Morgan fingerprint density at radius 3 is 2.93 bits per heavy atom. The molecule has 0 unspecified atom stereocenters. The van der Waals surface area contributed by atoms with Gasteiger partial charge in [-0.1, -0.05) is 18.2 Å². The number of halogens is 1. The highest BCUT2D eigenvalue weighted by Gasteiger charge is 2.26. The van der Waals surface area contributed by atoms with Gasteiger partial charge in [0.1, 0.15) is 5.82 Å². The van der Waals surface area contributed by atoms with Crippen molar-refractivity contribution in [3.8, 4) is 0 Å². The van der Waals surface area contributed by atoms with Crippen molar-refractivity contribution in [2.75, 3.05) is 26.7 Å². The van der Waals surface area contributed by atoms with Gasteiger partial charge in [-0.2, -0.15) is 5.10 Å². The summed E-state index contributed by atoms with van der Waals surface area (Å²) in [4.78, 5) is 18.9. The van der Waals surface area contributed by atoms with Gasteiger partial charge in [0.25, 0.3) is 0 Å². The van der Waals surface area contributed by atoms with Crippen LogP contribution >= 0.6 is 0 Å². The van der Waals surface area contributed by atoms with E-state index in [0.717, 1.165) is 36.2 Å². The molecule has 6 nitrogen and oxygen atoms in total. The van der Waals surface area contributed by atoms with E-state index >= 15 is 0 Å². The second-order valence-electron chi connectivity index (χ2n) is 7.35. The van der Waals surface area contributed by atoms with E-state index in [1.54, 1.807) is 24.4 Å². The highest BCUT2D eigenvalue weighted by molar-refractivity contribution is 5.79. The van der Waals surface area contributed by atoms with Crippen LogP contribution in [0.3, 0.4) is 0 Å². The Bertz CT molecular complexity index is 986. The van der Waals surface area contributed by atoms with Crippen molar-refractivity contribution in [1.29, 1.82) is 0 Å². The topological polar surface area (TPSA) is 63.1 Å². The first-order valence-electron chi connectivity index (χ1n) is 9.62. The third kappa shape index (κ3) is 3.89. The maximum absolute atomic E-state index is 13.7. The SMILES string of the molecule is CN1CC[C@H](c2nn(CCNC(=O)Cc3ccccc3F)c3ncccc23)C1. The summed E-state index contributed by atoms with van der Waals surface area (Å²) in [5, 5.41) is 8.76. The fourth-order valence-corrected chi connectivity index (χ4v) is 3.83.